The molecular weight excluding hydrogens is 391 g/mol. The highest BCUT2D eigenvalue weighted by Crippen LogP contribution is 2.38. The van der Waals surface area contributed by atoms with Crippen molar-refractivity contribution in [1.82, 2.24) is 0 Å². The van der Waals surface area contributed by atoms with E-state index in [4.69, 9.17) is 18.5 Å². The molecule has 1 aromatic carbocycles. The first kappa shape index (κ1) is 25.4. The van der Waals surface area contributed by atoms with E-state index >= 15 is 0 Å². The van der Waals surface area contributed by atoms with Crippen LogP contribution >= 0.6 is 0 Å². The Labute approximate surface area is 186 Å². The van der Waals surface area contributed by atoms with Crippen molar-refractivity contribution in [3.63, 3.8) is 0 Å². The van der Waals surface area contributed by atoms with Crippen LogP contribution in [-0.2, 0) is 19.1 Å². The Morgan fingerprint density at radius 2 is 1.43 bits per heavy atom. The van der Waals surface area contributed by atoms with Crippen LogP contribution in [0.4, 0.5) is 0 Å². The van der Waals surface area contributed by atoms with Crippen LogP contribution in [0.1, 0.15) is 74.8 Å². The summed E-state index contributed by atoms with van der Waals surface area (Å²) in [4.78, 5) is 0. The van der Waals surface area contributed by atoms with Crippen LogP contribution in [0.3, 0.4) is 0 Å². The largest absolute Gasteiger partial charge is 0.498 e. The summed E-state index contributed by atoms with van der Waals surface area (Å²) in [5, 5.41) is 0.188. The van der Waals surface area contributed by atoms with Crippen LogP contribution in [0, 0.1) is 0 Å². The number of rotatable bonds is 6. The van der Waals surface area contributed by atoms with Crippen LogP contribution in [0.25, 0.3) is 0 Å². The summed E-state index contributed by atoms with van der Waals surface area (Å²) in [6.07, 6.45) is 0. The van der Waals surface area contributed by atoms with E-state index in [0.717, 1.165) is 11.2 Å². The van der Waals surface area contributed by atoms with Gasteiger partial charge in [0.05, 0.1) is 17.8 Å². The fourth-order valence-corrected chi connectivity index (χ4v) is 3.98. The first-order valence-corrected chi connectivity index (χ1v) is 14.1. The number of hydrogen-bond donors (Lipinski definition) is 0. The maximum Gasteiger partial charge on any atom is 0.498 e. The summed E-state index contributed by atoms with van der Waals surface area (Å²) in [6, 6.07) is 6.37. The molecule has 0 aromatic heterocycles. The van der Waals surface area contributed by atoms with Gasteiger partial charge in [-0.3, -0.25) is 0 Å². The van der Waals surface area contributed by atoms with E-state index in [1.807, 2.05) is 0 Å². The van der Waals surface area contributed by atoms with Crippen LogP contribution in [-0.4, -0.2) is 39.9 Å². The molecule has 0 spiro atoms. The summed E-state index contributed by atoms with van der Waals surface area (Å²) in [7, 11) is -2.23. The molecule has 1 aliphatic rings. The molecule has 6 heteroatoms. The number of benzene rings is 1. The maximum atomic E-state index is 6.30. The van der Waals surface area contributed by atoms with Crippen molar-refractivity contribution in [2.24, 2.45) is 0 Å². The van der Waals surface area contributed by atoms with E-state index in [1.165, 1.54) is 5.56 Å². The summed E-state index contributed by atoms with van der Waals surface area (Å²) in [5.41, 5.74) is 1.42. The maximum absolute atomic E-state index is 6.30. The Kier molecular flexibility index (Phi) is 7.01. The molecule has 0 amide bonds. The van der Waals surface area contributed by atoms with Gasteiger partial charge in [-0.05, 0) is 62.9 Å². The standard InChI is InChI=1S/C24H43BO4Si/c1-21(2,3)18-13-14-19(25-28-23(7,8)24(9,10)29-25)20(17-18)26-15-16-27-30(11,12)22(4,5)6/h13-14,17H,15-16H2,1-12H3. The Hall–Kier alpha value is -0.818. The second kappa shape index (κ2) is 8.27. The summed E-state index contributed by atoms with van der Waals surface area (Å²) >= 11 is 0. The Bertz CT molecular complexity index is 729. The van der Waals surface area contributed by atoms with Crippen molar-refractivity contribution < 1.29 is 18.5 Å². The quantitative estimate of drug-likeness (QED) is 0.426. The highest BCUT2D eigenvalue weighted by molar-refractivity contribution is 6.74. The van der Waals surface area contributed by atoms with Gasteiger partial charge < -0.3 is 18.5 Å². The zero-order valence-corrected chi connectivity index (χ0v) is 22.4. The predicted octanol–water partition coefficient (Wildman–Crippen LogP) is 5.68. The number of ether oxygens (including phenoxy) is 1. The average Bonchev–Trinajstić information content (AvgIpc) is 2.77. The lowest BCUT2D eigenvalue weighted by Gasteiger charge is -2.36. The molecule has 1 saturated heterocycles. The van der Waals surface area contributed by atoms with Gasteiger partial charge in [-0.1, -0.05) is 53.7 Å². The van der Waals surface area contributed by atoms with Gasteiger partial charge in [0.25, 0.3) is 0 Å². The van der Waals surface area contributed by atoms with Crippen LogP contribution in [0.5, 0.6) is 5.75 Å². The van der Waals surface area contributed by atoms with Gasteiger partial charge in [0.2, 0.25) is 0 Å². The Morgan fingerprint density at radius 3 is 1.90 bits per heavy atom. The molecule has 170 valence electrons. The van der Waals surface area contributed by atoms with E-state index in [9.17, 15) is 0 Å². The summed E-state index contributed by atoms with van der Waals surface area (Å²) in [6.45, 7) is 27.3. The van der Waals surface area contributed by atoms with Crippen molar-refractivity contribution in [3.05, 3.63) is 23.8 Å². The van der Waals surface area contributed by atoms with E-state index in [0.29, 0.717) is 13.2 Å². The lowest BCUT2D eigenvalue weighted by atomic mass is 9.76. The molecule has 0 aliphatic carbocycles. The minimum absolute atomic E-state index is 0.0320. The zero-order chi connectivity index (χ0) is 23.2. The third-order valence-corrected chi connectivity index (χ3v) is 11.5. The van der Waals surface area contributed by atoms with Crippen LogP contribution in [0.15, 0.2) is 18.2 Å². The van der Waals surface area contributed by atoms with Crippen molar-refractivity contribution in [1.29, 1.82) is 0 Å². The van der Waals surface area contributed by atoms with Gasteiger partial charge in [-0.2, -0.15) is 0 Å². The second-order valence-electron chi connectivity index (χ2n) is 12.0. The summed E-state index contributed by atoms with van der Waals surface area (Å²) in [5.74, 6) is 0.819. The molecule has 0 atom stereocenters. The SMILES string of the molecule is CC(C)(C)c1ccc(B2OC(C)(C)C(C)(C)O2)c(OCCO[Si](C)(C)C(C)(C)C)c1. The van der Waals surface area contributed by atoms with E-state index < -0.39 is 15.4 Å². The smallest absolute Gasteiger partial charge is 0.492 e. The van der Waals surface area contributed by atoms with Crippen molar-refractivity contribution >= 4 is 20.9 Å². The highest BCUT2D eigenvalue weighted by Gasteiger charge is 2.52. The van der Waals surface area contributed by atoms with Crippen molar-refractivity contribution in [2.45, 2.75) is 104 Å². The van der Waals surface area contributed by atoms with Gasteiger partial charge in [-0.25, -0.2) is 0 Å². The van der Waals surface area contributed by atoms with E-state index in [-0.39, 0.29) is 21.7 Å². The Morgan fingerprint density at radius 1 is 0.900 bits per heavy atom. The number of hydrogen-bond acceptors (Lipinski definition) is 4. The molecule has 0 radical (unpaired) electrons. The zero-order valence-electron chi connectivity index (χ0n) is 21.4. The third-order valence-electron chi connectivity index (χ3n) is 7.00. The minimum Gasteiger partial charge on any atom is -0.492 e. The van der Waals surface area contributed by atoms with Crippen molar-refractivity contribution in [2.75, 3.05) is 13.2 Å². The van der Waals surface area contributed by atoms with Gasteiger partial charge in [-0.15, -0.1) is 0 Å². The molecule has 1 aromatic rings. The minimum atomic E-state index is -1.79. The lowest BCUT2D eigenvalue weighted by molar-refractivity contribution is 0.00578. The van der Waals surface area contributed by atoms with Gasteiger partial charge in [0, 0.05) is 5.46 Å². The van der Waals surface area contributed by atoms with Gasteiger partial charge in [0.15, 0.2) is 8.32 Å². The molecule has 4 nitrogen and oxygen atoms in total. The molecule has 30 heavy (non-hydrogen) atoms. The fraction of sp³-hybridized carbons (Fsp3) is 0.750. The Balaban J connectivity index is 2.22. The van der Waals surface area contributed by atoms with Gasteiger partial charge in [0.1, 0.15) is 12.4 Å². The molecule has 0 unspecified atom stereocenters. The van der Waals surface area contributed by atoms with Crippen molar-refractivity contribution in [3.8, 4) is 5.75 Å². The van der Waals surface area contributed by atoms with Crippen LogP contribution in [0.2, 0.25) is 18.1 Å². The molecule has 1 heterocycles. The van der Waals surface area contributed by atoms with Gasteiger partial charge >= 0.3 is 7.12 Å². The first-order valence-electron chi connectivity index (χ1n) is 11.1. The highest BCUT2D eigenvalue weighted by atomic mass is 28.4. The molecule has 0 N–H and O–H groups in total. The molecule has 2 rings (SSSR count). The third kappa shape index (κ3) is 5.50. The molecule has 1 fully saturated rings. The topological polar surface area (TPSA) is 36.9 Å². The van der Waals surface area contributed by atoms with Crippen LogP contribution < -0.4 is 10.2 Å². The molecular formula is C24H43BO4Si. The second-order valence-corrected chi connectivity index (χ2v) is 16.9. The normalized spacial score (nSPS) is 19.3. The molecule has 0 saturated carbocycles. The first-order chi connectivity index (χ1) is 13.4. The fourth-order valence-electron chi connectivity index (χ4n) is 2.96. The molecule has 1 aliphatic heterocycles. The lowest BCUT2D eigenvalue weighted by Crippen LogP contribution is -2.42. The van der Waals surface area contributed by atoms with E-state index in [1.54, 1.807) is 0 Å². The molecule has 0 bridgehead atoms. The average molecular weight is 435 g/mol. The monoisotopic (exact) mass is 434 g/mol. The summed E-state index contributed by atoms with van der Waals surface area (Å²) < 4.78 is 25.2. The predicted molar refractivity (Wildman–Crippen MR) is 130 cm³/mol. The van der Waals surface area contributed by atoms with E-state index in [2.05, 4.69) is 101 Å².